The van der Waals surface area contributed by atoms with Gasteiger partial charge in [0, 0.05) is 99.2 Å². The van der Waals surface area contributed by atoms with Crippen LogP contribution < -0.4 is 30.3 Å². The highest BCUT2D eigenvalue weighted by molar-refractivity contribution is 6.01. The second kappa shape index (κ2) is 23.0. The number of alkyl halides is 3. The first-order valence-electron chi connectivity index (χ1n) is 26.0. The Hall–Kier alpha value is -7.39. The van der Waals surface area contributed by atoms with Crippen LogP contribution in [-0.2, 0) is 24.0 Å². The van der Waals surface area contributed by atoms with Crippen molar-refractivity contribution in [1.29, 1.82) is 5.26 Å². The van der Waals surface area contributed by atoms with E-state index >= 15 is 13.2 Å². The van der Waals surface area contributed by atoms with Crippen LogP contribution in [-0.4, -0.2) is 122 Å². The molecule has 2 unspecified atom stereocenters. The van der Waals surface area contributed by atoms with Crippen molar-refractivity contribution in [2.45, 2.75) is 81.4 Å². The molecule has 4 aliphatic rings. The van der Waals surface area contributed by atoms with Crippen LogP contribution >= 0.6 is 0 Å². The first kappa shape index (κ1) is 52.5. The summed E-state index contributed by atoms with van der Waals surface area (Å²) in [6, 6.07) is 28.6. The molecule has 394 valence electrons. The van der Waals surface area contributed by atoms with Gasteiger partial charge in [0.2, 0.25) is 29.2 Å². The number of aromatic nitrogens is 1. The number of para-hydroxylation sites is 1. The van der Waals surface area contributed by atoms with E-state index < -0.39 is 36.4 Å². The van der Waals surface area contributed by atoms with E-state index in [0.29, 0.717) is 63.5 Å². The molecular weight excluding hydrogens is 966 g/mol. The summed E-state index contributed by atoms with van der Waals surface area (Å²) >= 11 is 0. The van der Waals surface area contributed by atoms with Gasteiger partial charge in [0.15, 0.2) is 0 Å². The van der Waals surface area contributed by atoms with E-state index in [4.69, 9.17) is 9.47 Å². The minimum atomic E-state index is -4.79. The van der Waals surface area contributed by atoms with E-state index in [0.717, 1.165) is 75.9 Å². The number of likely N-dealkylation sites (N-methyl/N-ethyl adjacent to an activating group) is 1. The molecule has 18 heteroatoms. The van der Waals surface area contributed by atoms with E-state index in [9.17, 15) is 29.2 Å². The minimum absolute atomic E-state index is 0.0101. The van der Waals surface area contributed by atoms with Gasteiger partial charge in [0.05, 0.1) is 35.7 Å². The third-order valence-corrected chi connectivity index (χ3v) is 15.6. The van der Waals surface area contributed by atoms with Gasteiger partial charge in [0.1, 0.15) is 24.4 Å². The number of fused-ring (bicyclic) bond motifs is 2. The molecule has 0 aliphatic carbocycles. The van der Waals surface area contributed by atoms with Crippen LogP contribution in [0.1, 0.15) is 86.3 Å². The van der Waals surface area contributed by atoms with Crippen molar-refractivity contribution >= 4 is 52.2 Å². The maximum atomic E-state index is 15.1. The molecular formula is C57H63F3N8O7. The lowest BCUT2D eigenvalue weighted by Gasteiger charge is -2.43. The van der Waals surface area contributed by atoms with Gasteiger partial charge in [-0.3, -0.25) is 19.2 Å². The van der Waals surface area contributed by atoms with Crippen LogP contribution in [0.25, 0.3) is 22.2 Å². The first-order valence-corrected chi connectivity index (χ1v) is 26.0. The van der Waals surface area contributed by atoms with Crippen molar-refractivity contribution in [2.75, 3.05) is 76.2 Å². The Morgan fingerprint density at radius 3 is 2.37 bits per heavy atom. The molecule has 3 saturated heterocycles. The van der Waals surface area contributed by atoms with Crippen LogP contribution in [0.3, 0.4) is 0 Å². The van der Waals surface area contributed by atoms with Crippen LogP contribution in [0.15, 0.2) is 91.0 Å². The number of aldehydes is 1. The number of hydrogen-bond donors (Lipinski definition) is 4. The number of halogens is 3. The molecule has 9 rings (SSSR count). The second-order valence-electron chi connectivity index (χ2n) is 20.2. The average molecular weight is 1030 g/mol. The van der Waals surface area contributed by atoms with Gasteiger partial charge in [0.25, 0.3) is 0 Å². The number of piperidine rings is 3. The minimum Gasteiger partial charge on any atom is -0.492 e. The molecule has 2 atom stereocenters. The number of nitrogens with zero attached hydrogens (tertiary/aromatic N) is 4. The monoisotopic (exact) mass is 1030 g/mol. The topological polar surface area (TPSA) is 189 Å². The van der Waals surface area contributed by atoms with Gasteiger partial charge in [-0.05, 0) is 123 Å². The number of amides is 4. The Balaban J connectivity index is 0.728. The standard InChI is InChI=1S/C57H63F3N8O7/c1-62-54(72)43(8-5-30-69)38-11-13-41(14-12-38)67-26-17-37(18-27-67)36-66-24-19-39(20-25-66)53(71)63-23-31-74-42-15-16-49-46(32-42)47(34-52(70)65-49)55(73)68-28-21-56(22-29-68,57(58,59)60)75-51-10-3-2-7-44(51)50-33-45-40(35-61)6-4-9-48(45)64-50/h2-4,6-7,9-16,30,32-33,37,39,43,47,64H,5,8,17-29,31,34,36H2,1H3,(H,62,72)(H,63,71)(H,65,70). The number of likely N-dealkylation sites (tertiary alicyclic amines) is 2. The Bertz CT molecular complexity index is 2910. The number of nitriles is 1. The molecule has 0 bridgehead atoms. The molecule has 15 nitrogen and oxygen atoms in total. The molecule has 75 heavy (non-hydrogen) atoms. The highest BCUT2D eigenvalue weighted by Crippen LogP contribution is 2.46. The zero-order valence-electron chi connectivity index (χ0n) is 42.1. The summed E-state index contributed by atoms with van der Waals surface area (Å²) in [7, 11) is 1.61. The summed E-state index contributed by atoms with van der Waals surface area (Å²) in [5.41, 5.74) is 2.34. The zero-order valence-corrected chi connectivity index (χ0v) is 42.1. The van der Waals surface area contributed by atoms with Crippen LogP contribution in [0.5, 0.6) is 11.5 Å². The smallest absolute Gasteiger partial charge is 0.428 e. The van der Waals surface area contributed by atoms with Gasteiger partial charge < -0.3 is 49.9 Å². The molecule has 3 fully saturated rings. The molecule has 4 N–H and O–H groups in total. The summed E-state index contributed by atoms with van der Waals surface area (Å²) < 4.78 is 57.4. The van der Waals surface area contributed by atoms with Crippen molar-refractivity contribution in [2.24, 2.45) is 11.8 Å². The number of anilines is 2. The largest absolute Gasteiger partial charge is 0.492 e. The third-order valence-electron chi connectivity index (χ3n) is 15.6. The lowest BCUT2D eigenvalue weighted by Crippen LogP contribution is -2.58. The fourth-order valence-electron chi connectivity index (χ4n) is 11.3. The van der Waals surface area contributed by atoms with Crippen molar-refractivity contribution < 1.29 is 46.6 Å². The van der Waals surface area contributed by atoms with Crippen LogP contribution in [0, 0.1) is 23.2 Å². The molecule has 0 saturated carbocycles. The van der Waals surface area contributed by atoms with E-state index in [2.05, 4.69) is 48.9 Å². The van der Waals surface area contributed by atoms with Gasteiger partial charge in [-0.1, -0.05) is 30.3 Å². The Morgan fingerprint density at radius 2 is 1.67 bits per heavy atom. The molecule has 0 radical (unpaired) electrons. The molecule has 4 aliphatic heterocycles. The molecule has 0 spiro atoms. The summed E-state index contributed by atoms with van der Waals surface area (Å²) in [5, 5.41) is 18.8. The summed E-state index contributed by atoms with van der Waals surface area (Å²) in [6.07, 6.45) is -0.710. The van der Waals surface area contributed by atoms with Crippen LogP contribution in [0.2, 0.25) is 0 Å². The number of benzene rings is 4. The predicted molar refractivity (Wildman–Crippen MR) is 277 cm³/mol. The summed E-state index contributed by atoms with van der Waals surface area (Å²) in [6.45, 7) is 4.49. The number of aromatic amines is 1. The van der Waals surface area contributed by atoms with Crippen molar-refractivity contribution in [3.05, 3.63) is 108 Å². The number of carbonyl (C=O) groups excluding carboxylic acids is 5. The Labute approximate surface area is 434 Å². The maximum Gasteiger partial charge on any atom is 0.428 e. The fraction of sp³-hybridized carbons (Fsp3) is 0.439. The highest BCUT2D eigenvalue weighted by atomic mass is 19.4. The van der Waals surface area contributed by atoms with E-state index in [1.807, 2.05) is 12.1 Å². The van der Waals surface area contributed by atoms with E-state index in [1.54, 1.807) is 67.7 Å². The molecule has 4 amide bonds. The van der Waals surface area contributed by atoms with Crippen molar-refractivity contribution in [1.82, 2.24) is 25.4 Å². The van der Waals surface area contributed by atoms with Gasteiger partial charge in [-0.2, -0.15) is 18.4 Å². The highest BCUT2D eigenvalue weighted by Gasteiger charge is 2.59. The Morgan fingerprint density at radius 1 is 0.920 bits per heavy atom. The van der Waals surface area contributed by atoms with Crippen LogP contribution in [0.4, 0.5) is 24.5 Å². The van der Waals surface area contributed by atoms with Crippen molar-refractivity contribution in [3.63, 3.8) is 0 Å². The SMILES string of the molecule is CNC(=O)C(CCC=O)c1ccc(N2CCC(CN3CCC(C(=O)NCCOc4ccc5c(c4)C(C(=O)N4CCC(Oc6ccccc6-c6cc7c(C#N)cccc7[nH]6)(C(F)(F)F)CC4)CC(=O)N5)CC3)CC2)cc1. The number of ether oxygens (including phenoxy) is 2. The molecule has 5 aromatic rings. The Kier molecular flexibility index (Phi) is 16.1. The maximum absolute atomic E-state index is 15.1. The van der Waals surface area contributed by atoms with E-state index in [-0.39, 0.29) is 68.0 Å². The molecule has 5 heterocycles. The number of nitrogens with one attached hydrogen (secondary N) is 4. The van der Waals surface area contributed by atoms with Gasteiger partial charge in [-0.15, -0.1) is 0 Å². The molecule has 4 aromatic carbocycles. The van der Waals surface area contributed by atoms with Gasteiger partial charge in [-0.25, -0.2) is 0 Å². The number of carbonyl (C=O) groups is 5. The van der Waals surface area contributed by atoms with Crippen molar-refractivity contribution in [3.8, 4) is 28.8 Å². The number of H-pyrrole nitrogens is 1. The number of rotatable bonds is 17. The lowest BCUT2D eigenvalue weighted by atomic mass is 9.86. The predicted octanol–water partition coefficient (Wildman–Crippen LogP) is 8.07. The average Bonchev–Trinajstić information content (AvgIpc) is 3.88. The summed E-state index contributed by atoms with van der Waals surface area (Å²) in [5.74, 6) is -1.35. The normalized spacial score (nSPS) is 18.8. The molecule has 1 aromatic heterocycles. The zero-order chi connectivity index (χ0) is 52.7. The van der Waals surface area contributed by atoms with E-state index in [1.165, 1.54) is 11.0 Å². The third kappa shape index (κ3) is 11.8. The quantitative estimate of drug-likeness (QED) is 0.0524. The summed E-state index contributed by atoms with van der Waals surface area (Å²) in [4.78, 5) is 73.1. The lowest BCUT2D eigenvalue weighted by molar-refractivity contribution is -0.260. The first-order chi connectivity index (χ1) is 36.3. The second-order valence-corrected chi connectivity index (χ2v) is 20.2. The fourth-order valence-corrected chi connectivity index (χ4v) is 11.3. The number of hydrogen-bond acceptors (Lipinski definition) is 10. The van der Waals surface area contributed by atoms with Gasteiger partial charge >= 0.3 is 6.18 Å².